The molecule has 0 aromatic rings. The normalized spacial score (nSPS) is 8.53. The first-order valence-electron chi connectivity index (χ1n) is 4.01. The molecule has 3 amide bonds. The van der Waals surface area contributed by atoms with Gasteiger partial charge >= 0.3 is 18.3 Å². The SMILES string of the molecule is C=O.NC(=O)OCC(COC(N)=O)OC(N)=O. The van der Waals surface area contributed by atoms with Crippen molar-refractivity contribution in [2.75, 3.05) is 13.2 Å². The maximum absolute atomic E-state index is 10.4. The molecule has 0 aromatic carbocycles. The molecule has 0 spiro atoms. The lowest BCUT2D eigenvalue weighted by atomic mass is 10.4. The van der Waals surface area contributed by atoms with Crippen LogP contribution in [0.25, 0.3) is 0 Å². The lowest BCUT2D eigenvalue weighted by Gasteiger charge is -2.15. The molecule has 0 aliphatic heterocycles. The van der Waals surface area contributed by atoms with E-state index in [-0.39, 0.29) is 13.2 Å². The Morgan fingerprint density at radius 3 is 1.47 bits per heavy atom. The van der Waals surface area contributed by atoms with Gasteiger partial charge in [0.15, 0.2) is 6.10 Å². The van der Waals surface area contributed by atoms with Crippen molar-refractivity contribution in [3.8, 4) is 0 Å². The average molecular weight is 251 g/mol. The van der Waals surface area contributed by atoms with E-state index < -0.39 is 24.4 Å². The molecule has 10 nitrogen and oxygen atoms in total. The zero-order valence-electron chi connectivity index (χ0n) is 8.79. The van der Waals surface area contributed by atoms with E-state index in [0.717, 1.165) is 0 Å². The highest BCUT2D eigenvalue weighted by Crippen LogP contribution is 1.95. The Hall–Kier alpha value is -2.52. The van der Waals surface area contributed by atoms with Crippen molar-refractivity contribution in [3.63, 3.8) is 0 Å². The number of carbonyl (C=O) groups is 4. The van der Waals surface area contributed by atoms with E-state index in [0.29, 0.717) is 0 Å². The van der Waals surface area contributed by atoms with Crippen molar-refractivity contribution in [2.45, 2.75) is 6.10 Å². The molecule has 10 heteroatoms. The predicted octanol–water partition coefficient (Wildman–Crippen LogP) is -1.54. The maximum atomic E-state index is 10.4. The van der Waals surface area contributed by atoms with E-state index in [1.807, 2.05) is 6.79 Å². The minimum Gasteiger partial charge on any atom is -0.446 e. The molecule has 0 aliphatic rings. The fraction of sp³-hybridized carbons (Fsp3) is 0.429. The van der Waals surface area contributed by atoms with Crippen LogP contribution in [0.2, 0.25) is 0 Å². The molecule has 0 saturated carbocycles. The Morgan fingerprint density at radius 2 is 1.24 bits per heavy atom. The van der Waals surface area contributed by atoms with Gasteiger partial charge in [-0.25, -0.2) is 14.4 Å². The molecular formula is C7H13N3O7. The van der Waals surface area contributed by atoms with Crippen LogP contribution in [0.1, 0.15) is 0 Å². The molecule has 98 valence electrons. The second kappa shape index (κ2) is 10.0. The average Bonchev–Trinajstić information content (AvgIpc) is 2.24. The first-order valence-corrected chi connectivity index (χ1v) is 4.01. The van der Waals surface area contributed by atoms with Crippen molar-refractivity contribution in [3.05, 3.63) is 0 Å². The fourth-order valence-corrected chi connectivity index (χ4v) is 0.631. The molecule has 17 heavy (non-hydrogen) atoms. The topological polar surface area (TPSA) is 174 Å². The van der Waals surface area contributed by atoms with E-state index in [1.54, 1.807) is 0 Å². The molecular weight excluding hydrogens is 238 g/mol. The van der Waals surface area contributed by atoms with Crippen LogP contribution in [0.5, 0.6) is 0 Å². The molecule has 0 unspecified atom stereocenters. The largest absolute Gasteiger partial charge is 0.446 e. The van der Waals surface area contributed by atoms with Crippen molar-refractivity contribution in [1.82, 2.24) is 0 Å². The molecule has 6 N–H and O–H groups in total. The van der Waals surface area contributed by atoms with Gasteiger partial charge in [-0.15, -0.1) is 0 Å². The summed E-state index contributed by atoms with van der Waals surface area (Å²) in [7, 11) is 0. The van der Waals surface area contributed by atoms with Gasteiger partial charge < -0.3 is 36.2 Å². The molecule has 0 aromatic heterocycles. The van der Waals surface area contributed by atoms with Gasteiger partial charge in [-0.3, -0.25) is 0 Å². The van der Waals surface area contributed by atoms with Crippen molar-refractivity contribution >= 4 is 25.1 Å². The van der Waals surface area contributed by atoms with Crippen LogP contribution < -0.4 is 17.2 Å². The number of amides is 3. The molecule has 0 fully saturated rings. The number of primary amides is 3. The summed E-state index contributed by atoms with van der Waals surface area (Å²) in [6.07, 6.45) is -4.28. The van der Waals surface area contributed by atoms with Gasteiger partial charge in [0.1, 0.15) is 20.0 Å². The molecule has 0 rings (SSSR count). The summed E-state index contributed by atoms with van der Waals surface area (Å²) in [5.74, 6) is 0. The van der Waals surface area contributed by atoms with Crippen molar-refractivity contribution < 1.29 is 33.4 Å². The number of nitrogens with two attached hydrogens (primary N) is 3. The van der Waals surface area contributed by atoms with E-state index in [9.17, 15) is 14.4 Å². The second-order valence-electron chi connectivity index (χ2n) is 2.32. The lowest BCUT2D eigenvalue weighted by molar-refractivity contribution is -0.0980. The number of ether oxygens (including phenoxy) is 3. The minimum absolute atomic E-state index is 0.383. The number of rotatable bonds is 5. The standard InChI is InChI=1S/C6H11N3O6.CH2O/c7-4(10)13-1-3(15-6(9)12)2-14-5(8)11;1-2/h3H,1-2H2,(H2,7,10)(H2,8,11)(H2,9,12);1H2. The third kappa shape index (κ3) is 13.5. The Morgan fingerprint density at radius 1 is 0.882 bits per heavy atom. The van der Waals surface area contributed by atoms with Crippen LogP contribution in [0, 0.1) is 0 Å². The fourth-order valence-electron chi connectivity index (χ4n) is 0.631. The zero-order valence-corrected chi connectivity index (χ0v) is 8.79. The maximum Gasteiger partial charge on any atom is 0.405 e. The lowest BCUT2D eigenvalue weighted by Crippen LogP contribution is -2.34. The Bertz CT molecular complexity index is 252. The zero-order chi connectivity index (χ0) is 13.8. The van der Waals surface area contributed by atoms with Gasteiger partial charge in [0, 0.05) is 0 Å². The van der Waals surface area contributed by atoms with Gasteiger partial charge in [-0.2, -0.15) is 0 Å². The van der Waals surface area contributed by atoms with Crippen molar-refractivity contribution in [1.29, 1.82) is 0 Å². The van der Waals surface area contributed by atoms with Crippen LogP contribution in [-0.2, 0) is 19.0 Å². The highest BCUT2D eigenvalue weighted by molar-refractivity contribution is 5.66. The summed E-state index contributed by atoms with van der Waals surface area (Å²) in [6, 6.07) is 0. The van der Waals surface area contributed by atoms with Crippen LogP contribution in [0.4, 0.5) is 14.4 Å². The molecule has 0 heterocycles. The van der Waals surface area contributed by atoms with E-state index >= 15 is 0 Å². The van der Waals surface area contributed by atoms with E-state index in [4.69, 9.17) is 10.5 Å². The van der Waals surface area contributed by atoms with Gasteiger partial charge in [0.05, 0.1) is 0 Å². The molecule has 0 saturated heterocycles. The first kappa shape index (κ1) is 16.9. The van der Waals surface area contributed by atoms with Crippen LogP contribution in [0.15, 0.2) is 0 Å². The molecule has 0 atom stereocenters. The van der Waals surface area contributed by atoms with Crippen LogP contribution in [-0.4, -0.2) is 44.4 Å². The Kier molecular flexibility index (Phi) is 9.95. The number of hydrogen-bond acceptors (Lipinski definition) is 7. The van der Waals surface area contributed by atoms with Crippen LogP contribution in [0.3, 0.4) is 0 Å². The van der Waals surface area contributed by atoms with Gasteiger partial charge in [-0.1, -0.05) is 0 Å². The molecule has 0 aliphatic carbocycles. The van der Waals surface area contributed by atoms with E-state index in [2.05, 4.69) is 25.7 Å². The van der Waals surface area contributed by atoms with Gasteiger partial charge in [0.25, 0.3) is 0 Å². The minimum atomic E-state index is -1.11. The van der Waals surface area contributed by atoms with E-state index in [1.165, 1.54) is 0 Å². The summed E-state index contributed by atoms with van der Waals surface area (Å²) in [5, 5.41) is 0. The van der Waals surface area contributed by atoms with Gasteiger partial charge in [0.2, 0.25) is 0 Å². The third-order valence-electron chi connectivity index (χ3n) is 1.11. The summed E-state index contributed by atoms with van der Waals surface area (Å²) < 4.78 is 13.0. The van der Waals surface area contributed by atoms with Gasteiger partial charge in [-0.05, 0) is 0 Å². The Labute approximate surface area is 95.9 Å². The Balaban J connectivity index is 0. The number of hydrogen-bond donors (Lipinski definition) is 3. The van der Waals surface area contributed by atoms with Crippen molar-refractivity contribution in [2.24, 2.45) is 17.2 Å². The summed E-state index contributed by atoms with van der Waals surface area (Å²) in [4.78, 5) is 38.8. The highest BCUT2D eigenvalue weighted by Gasteiger charge is 2.16. The smallest absolute Gasteiger partial charge is 0.405 e. The second-order valence-corrected chi connectivity index (χ2v) is 2.32. The van der Waals surface area contributed by atoms with Crippen LogP contribution >= 0.6 is 0 Å². The number of carbonyl (C=O) groups excluding carboxylic acids is 4. The quantitative estimate of drug-likeness (QED) is 0.495. The highest BCUT2D eigenvalue weighted by atomic mass is 16.6. The first-order chi connectivity index (χ1) is 7.91. The molecule has 0 bridgehead atoms. The summed E-state index contributed by atoms with van der Waals surface area (Å²) in [5.41, 5.74) is 14.0. The summed E-state index contributed by atoms with van der Waals surface area (Å²) >= 11 is 0. The monoisotopic (exact) mass is 251 g/mol. The third-order valence-corrected chi connectivity index (χ3v) is 1.11. The predicted molar refractivity (Wildman–Crippen MR) is 52.6 cm³/mol. The molecule has 0 radical (unpaired) electrons. The summed E-state index contributed by atoms with van der Waals surface area (Å²) in [6.45, 7) is 1.23.